The van der Waals surface area contributed by atoms with Crippen LogP contribution in [0.2, 0.25) is 0 Å². The lowest BCUT2D eigenvalue weighted by Gasteiger charge is -2.10. The van der Waals surface area contributed by atoms with Gasteiger partial charge in [-0.1, -0.05) is 11.3 Å². The lowest BCUT2D eigenvalue weighted by molar-refractivity contribution is 0.564. The van der Waals surface area contributed by atoms with Gasteiger partial charge in [-0.3, -0.25) is 0 Å². The first-order valence-electron chi connectivity index (χ1n) is 4.82. The molecule has 1 unspecified atom stereocenters. The summed E-state index contributed by atoms with van der Waals surface area (Å²) in [6.45, 7) is 1.66. The number of nitrogens with zero attached hydrogens (tertiary/aromatic N) is 1. The van der Waals surface area contributed by atoms with Crippen LogP contribution in [-0.4, -0.2) is 30.9 Å². The molecule has 16 heavy (non-hydrogen) atoms. The third-order valence-corrected chi connectivity index (χ3v) is 6.55. The van der Waals surface area contributed by atoms with Crippen molar-refractivity contribution in [1.29, 1.82) is 0 Å². The number of nitrogens with two attached hydrogens (primary N) is 1. The Bertz CT molecular complexity index is 477. The van der Waals surface area contributed by atoms with Gasteiger partial charge in [-0.15, -0.1) is 0 Å². The quantitative estimate of drug-likeness (QED) is 0.855. The van der Waals surface area contributed by atoms with Gasteiger partial charge in [0.1, 0.15) is 0 Å². The predicted octanol–water partition coefficient (Wildman–Crippen LogP) is 0.818. The third kappa shape index (κ3) is 2.50. The van der Waals surface area contributed by atoms with E-state index in [9.17, 15) is 8.42 Å². The van der Waals surface area contributed by atoms with E-state index in [1.54, 1.807) is 18.7 Å². The van der Waals surface area contributed by atoms with Crippen molar-refractivity contribution in [2.24, 2.45) is 0 Å². The predicted molar refractivity (Wildman–Crippen MR) is 67.3 cm³/mol. The van der Waals surface area contributed by atoms with E-state index in [2.05, 4.69) is 9.71 Å². The number of hydrogen-bond donors (Lipinski definition) is 2. The molecular weight excluding hydrogens is 266 g/mol. The van der Waals surface area contributed by atoms with E-state index >= 15 is 0 Å². The summed E-state index contributed by atoms with van der Waals surface area (Å²) in [6.07, 6.45) is 0.886. The van der Waals surface area contributed by atoms with Crippen LogP contribution in [0.15, 0.2) is 4.21 Å². The summed E-state index contributed by atoms with van der Waals surface area (Å²) in [7, 11) is -3.44. The molecule has 1 aliphatic rings. The maximum atomic E-state index is 12.0. The number of aryl methyl sites for hydroxylation is 1. The molecule has 1 saturated heterocycles. The van der Waals surface area contributed by atoms with Crippen molar-refractivity contribution in [2.45, 2.75) is 23.6 Å². The molecule has 2 heterocycles. The van der Waals surface area contributed by atoms with Crippen molar-refractivity contribution in [3.8, 4) is 0 Å². The average Bonchev–Trinajstić information content (AvgIpc) is 2.75. The number of nitrogens with one attached hydrogen (secondary N) is 1. The Hall–Kier alpha value is -0.310. The summed E-state index contributed by atoms with van der Waals surface area (Å²) in [5.41, 5.74) is 5.97. The molecule has 1 aromatic rings. The summed E-state index contributed by atoms with van der Waals surface area (Å²) in [6, 6.07) is 0.0396. The highest BCUT2D eigenvalue weighted by molar-refractivity contribution is 7.99. The summed E-state index contributed by atoms with van der Waals surface area (Å²) in [5, 5.41) is 0.290. The highest BCUT2D eigenvalue weighted by Crippen LogP contribution is 2.26. The Balaban J connectivity index is 2.21. The third-order valence-electron chi connectivity index (χ3n) is 2.27. The van der Waals surface area contributed by atoms with Crippen LogP contribution in [0.1, 0.15) is 12.1 Å². The maximum Gasteiger partial charge on any atom is 0.252 e. The molecule has 8 heteroatoms. The van der Waals surface area contributed by atoms with Gasteiger partial charge in [0.2, 0.25) is 0 Å². The zero-order valence-electron chi connectivity index (χ0n) is 8.76. The Morgan fingerprint density at radius 1 is 1.56 bits per heavy atom. The van der Waals surface area contributed by atoms with E-state index in [0.717, 1.165) is 29.3 Å². The number of thiazole rings is 1. The fourth-order valence-electron chi connectivity index (χ4n) is 1.55. The molecule has 1 aliphatic heterocycles. The maximum absolute atomic E-state index is 12.0. The minimum atomic E-state index is -3.44. The van der Waals surface area contributed by atoms with Crippen LogP contribution in [0.4, 0.5) is 5.13 Å². The smallest absolute Gasteiger partial charge is 0.252 e. The zero-order chi connectivity index (χ0) is 11.8. The molecule has 0 amide bonds. The van der Waals surface area contributed by atoms with Crippen LogP contribution in [0.3, 0.4) is 0 Å². The SMILES string of the molecule is Cc1nc(N)sc1S(=O)(=O)NC1CCSC1. The molecule has 0 radical (unpaired) electrons. The van der Waals surface area contributed by atoms with Gasteiger partial charge in [0.05, 0.1) is 5.69 Å². The van der Waals surface area contributed by atoms with E-state index in [1.165, 1.54) is 0 Å². The van der Waals surface area contributed by atoms with Gasteiger partial charge in [-0.05, 0) is 19.1 Å². The second-order valence-corrected chi connectivity index (χ2v) is 7.70. The number of sulfonamides is 1. The zero-order valence-corrected chi connectivity index (χ0v) is 11.2. The molecule has 0 aliphatic carbocycles. The van der Waals surface area contributed by atoms with Crippen molar-refractivity contribution >= 4 is 38.3 Å². The first-order chi connectivity index (χ1) is 7.49. The van der Waals surface area contributed by atoms with Crippen molar-refractivity contribution in [1.82, 2.24) is 9.71 Å². The van der Waals surface area contributed by atoms with E-state index in [4.69, 9.17) is 5.73 Å². The number of anilines is 1. The molecule has 0 aromatic carbocycles. The highest BCUT2D eigenvalue weighted by atomic mass is 32.2. The van der Waals surface area contributed by atoms with Crippen LogP contribution in [-0.2, 0) is 10.0 Å². The largest absolute Gasteiger partial charge is 0.375 e. The second-order valence-electron chi connectivity index (χ2n) is 3.61. The molecule has 3 N–H and O–H groups in total. The van der Waals surface area contributed by atoms with Gasteiger partial charge in [-0.2, -0.15) is 11.8 Å². The second kappa shape index (κ2) is 4.52. The van der Waals surface area contributed by atoms with E-state index in [1.807, 2.05) is 0 Å². The summed E-state index contributed by atoms with van der Waals surface area (Å²) < 4.78 is 27.0. The molecule has 5 nitrogen and oxygen atoms in total. The lowest BCUT2D eigenvalue weighted by Crippen LogP contribution is -2.34. The Kier molecular flexibility index (Phi) is 3.43. The van der Waals surface area contributed by atoms with Gasteiger partial charge in [0, 0.05) is 11.8 Å². The number of aromatic nitrogens is 1. The number of thioether (sulfide) groups is 1. The van der Waals surface area contributed by atoms with Gasteiger partial charge in [0.15, 0.2) is 9.34 Å². The van der Waals surface area contributed by atoms with Gasteiger partial charge < -0.3 is 5.73 Å². The van der Waals surface area contributed by atoms with Crippen LogP contribution >= 0.6 is 23.1 Å². The van der Waals surface area contributed by atoms with Crippen LogP contribution in [0.5, 0.6) is 0 Å². The Labute approximate surface area is 103 Å². The van der Waals surface area contributed by atoms with Crippen LogP contribution < -0.4 is 10.5 Å². The van der Waals surface area contributed by atoms with Crippen LogP contribution in [0.25, 0.3) is 0 Å². The summed E-state index contributed by atoms with van der Waals surface area (Å²) in [4.78, 5) is 3.92. The first-order valence-corrected chi connectivity index (χ1v) is 8.27. The van der Waals surface area contributed by atoms with Gasteiger partial charge in [0.25, 0.3) is 10.0 Å². The fourth-order valence-corrected chi connectivity index (χ4v) is 5.40. The fraction of sp³-hybridized carbons (Fsp3) is 0.625. The van der Waals surface area contributed by atoms with Crippen molar-refractivity contribution < 1.29 is 8.42 Å². The molecular formula is C8H13N3O2S3. The first kappa shape index (κ1) is 12.2. The molecule has 0 spiro atoms. The van der Waals surface area contributed by atoms with Gasteiger partial charge >= 0.3 is 0 Å². The average molecular weight is 279 g/mol. The number of rotatable bonds is 3. The Morgan fingerprint density at radius 2 is 2.31 bits per heavy atom. The minimum Gasteiger partial charge on any atom is -0.375 e. The van der Waals surface area contributed by atoms with E-state index in [0.29, 0.717) is 10.8 Å². The highest BCUT2D eigenvalue weighted by Gasteiger charge is 2.26. The van der Waals surface area contributed by atoms with Crippen molar-refractivity contribution in [3.05, 3.63) is 5.69 Å². The summed E-state index contributed by atoms with van der Waals surface area (Å²) in [5.74, 6) is 1.85. The molecule has 2 rings (SSSR count). The standard InChI is InChI=1S/C8H13N3O2S3/c1-5-7(15-8(9)10-5)16(12,13)11-6-2-3-14-4-6/h6,11H,2-4H2,1H3,(H2,9,10). The number of hydrogen-bond acceptors (Lipinski definition) is 6. The molecule has 1 atom stereocenters. The van der Waals surface area contributed by atoms with E-state index in [-0.39, 0.29) is 10.3 Å². The molecule has 90 valence electrons. The van der Waals surface area contributed by atoms with Gasteiger partial charge in [-0.25, -0.2) is 18.1 Å². The monoisotopic (exact) mass is 279 g/mol. The molecule has 1 aromatic heterocycles. The molecule has 0 saturated carbocycles. The van der Waals surface area contributed by atoms with Crippen molar-refractivity contribution in [3.63, 3.8) is 0 Å². The lowest BCUT2D eigenvalue weighted by atomic mass is 10.3. The normalized spacial score (nSPS) is 21.4. The number of nitrogen functional groups attached to an aromatic ring is 1. The van der Waals surface area contributed by atoms with Crippen molar-refractivity contribution in [2.75, 3.05) is 17.2 Å². The molecule has 1 fully saturated rings. The van der Waals surface area contributed by atoms with E-state index < -0.39 is 10.0 Å². The molecule has 0 bridgehead atoms. The topological polar surface area (TPSA) is 85.1 Å². The minimum absolute atomic E-state index is 0.0396. The Morgan fingerprint density at radius 3 is 2.81 bits per heavy atom. The van der Waals surface area contributed by atoms with Crippen LogP contribution in [0, 0.1) is 6.92 Å². The summed E-state index contributed by atoms with van der Waals surface area (Å²) >= 11 is 2.78.